The number of hydrogen-bond donors (Lipinski definition) is 1. The molecule has 1 rings (SSSR count). The predicted octanol–water partition coefficient (Wildman–Crippen LogP) is 2.37. The number of amides is 1. The van der Waals surface area contributed by atoms with Crippen molar-refractivity contribution in [1.29, 1.82) is 0 Å². The van der Waals surface area contributed by atoms with E-state index >= 15 is 0 Å². The van der Waals surface area contributed by atoms with Crippen molar-refractivity contribution in [3.8, 4) is 5.75 Å². The molecule has 0 saturated carbocycles. The first-order valence-corrected chi connectivity index (χ1v) is 5.77. The molecule has 0 aliphatic heterocycles. The van der Waals surface area contributed by atoms with Gasteiger partial charge in [-0.1, -0.05) is 38.0 Å². The van der Waals surface area contributed by atoms with Gasteiger partial charge in [-0.25, -0.2) is 0 Å². The molecular weight excluding hydrogens is 202 g/mol. The molecule has 0 unspecified atom stereocenters. The van der Waals surface area contributed by atoms with Gasteiger partial charge >= 0.3 is 0 Å². The molecule has 3 heteroatoms. The second-order valence-corrected chi connectivity index (χ2v) is 3.66. The maximum Gasteiger partial charge on any atom is 0.257 e. The number of ether oxygens (including phenoxy) is 1. The third-order valence-electron chi connectivity index (χ3n) is 2.22. The van der Waals surface area contributed by atoms with Crippen molar-refractivity contribution in [2.24, 2.45) is 0 Å². The predicted molar refractivity (Wildman–Crippen MR) is 64.5 cm³/mol. The molecule has 0 fully saturated rings. The summed E-state index contributed by atoms with van der Waals surface area (Å²) < 4.78 is 5.31. The van der Waals surface area contributed by atoms with Crippen LogP contribution in [0, 0.1) is 0 Å². The van der Waals surface area contributed by atoms with Crippen molar-refractivity contribution in [2.45, 2.75) is 26.2 Å². The first-order chi connectivity index (χ1) is 7.83. The molecule has 0 aromatic heterocycles. The molecule has 3 nitrogen and oxygen atoms in total. The molecule has 0 bridgehead atoms. The van der Waals surface area contributed by atoms with Crippen molar-refractivity contribution in [3.05, 3.63) is 30.3 Å². The molecule has 0 aliphatic carbocycles. The van der Waals surface area contributed by atoms with E-state index in [4.69, 9.17) is 4.74 Å². The van der Waals surface area contributed by atoms with Crippen molar-refractivity contribution in [1.82, 2.24) is 5.32 Å². The summed E-state index contributed by atoms with van der Waals surface area (Å²) in [5, 5.41) is 2.82. The van der Waals surface area contributed by atoms with Crippen LogP contribution in [0.2, 0.25) is 0 Å². The minimum absolute atomic E-state index is 0.0556. The molecule has 1 N–H and O–H groups in total. The quantitative estimate of drug-likeness (QED) is 0.718. The number of nitrogens with one attached hydrogen (secondary N) is 1. The molecule has 16 heavy (non-hydrogen) atoms. The fourth-order valence-corrected chi connectivity index (χ4v) is 1.32. The van der Waals surface area contributed by atoms with Crippen molar-refractivity contribution < 1.29 is 9.53 Å². The highest BCUT2D eigenvalue weighted by molar-refractivity contribution is 5.77. The number of para-hydroxylation sites is 1. The van der Waals surface area contributed by atoms with Gasteiger partial charge < -0.3 is 10.1 Å². The van der Waals surface area contributed by atoms with E-state index in [1.807, 2.05) is 30.3 Å². The van der Waals surface area contributed by atoms with E-state index in [1.165, 1.54) is 0 Å². The fourth-order valence-electron chi connectivity index (χ4n) is 1.32. The molecule has 0 heterocycles. The molecule has 0 atom stereocenters. The van der Waals surface area contributed by atoms with Crippen LogP contribution in [0.1, 0.15) is 26.2 Å². The van der Waals surface area contributed by atoms with Crippen molar-refractivity contribution >= 4 is 5.91 Å². The monoisotopic (exact) mass is 221 g/mol. The maximum atomic E-state index is 11.3. The van der Waals surface area contributed by atoms with Crippen LogP contribution in [0.4, 0.5) is 0 Å². The smallest absolute Gasteiger partial charge is 0.257 e. The third kappa shape index (κ3) is 5.39. The van der Waals surface area contributed by atoms with Gasteiger partial charge in [0.1, 0.15) is 5.75 Å². The largest absolute Gasteiger partial charge is 0.484 e. The van der Waals surface area contributed by atoms with E-state index in [0.717, 1.165) is 31.6 Å². The summed E-state index contributed by atoms with van der Waals surface area (Å²) in [5.41, 5.74) is 0. The molecule has 1 aromatic rings. The van der Waals surface area contributed by atoms with Crippen LogP contribution < -0.4 is 10.1 Å². The lowest BCUT2D eigenvalue weighted by molar-refractivity contribution is -0.123. The van der Waals surface area contributed by atoms with Crippen LogP contribution in [-0.2, 0) is 4.79 Å². The molecule has 0 spiro atoms. The van der Waals surface area contributed by atoms with Crippen LogP contribution in [0.3, 0.4) is 0 Å². The van der Waals surface area contributed by atoms with Crippen molar-refractivity contribution in [3.63, 3.8) is 0 Å². The summed E-state index contributed by atoms with van der Waals surface area (Å²) in [4.78, 5) is 11.3. The SMILES string of the molecule is CCCCCNC(=O)COc1ccccc1. The highest BCUT2D eigenvalue weighted by Gasteiger charge is 2.00. The average molecular weight is 221 g/mol. The average Bonchev–Trinajstić information content (AvgIpc) is 2.33. The van der Waals surface area contributed by atoms with E-state index in [-0.39, 0.29) is 12.5 Å². The van der Waals surface area contributed by atoms with Crippen molar-refractivity contribution in [2.75, 3.05) is 13.2 Å². The summed E-state index contributed by atoms with van der Waals surface area (Å²) >= 11 is 0. The Morgan fingerprint density at radius 2 is 2.00 bits per heavy atom. The second-order valence-electron chi connectivity index (χ2n) is 3.66. The van der Waals surface area contributed by atoms with Gasteiger partial charge in [0, 0.05) is 6.54 Å². The van der Waals surface area contributed by atoms with Gasteiger partial charge in [0.15, 0.2) is 6.61 Å². The number of benzene rings is 1. The zero-order valence-corrected chi connectivity index (χ0v) is 9.74. The molecule has 1 amide bonds. The normalized spacial score (nSPS) is 9.81. The lowest BCUT2D eigenvalue weighted by Crippen LogP contribution is -2.29. The standard InChI is InChI=1S/C13H19NO2/c1-2-3-7-10-14-13(15)11-16-12-8-5-4-6-9-12/h4-6,8-9H,2-3,7,10-11H2,1H3,(H,14,15). The van der Waals surface area contributed by atoms with Crippen LogP contribution in [0.15, 0.2) is 30.3 Å². The Hall–Kier alpha value is -1.51. The van der Waals surface area contributed by atoms with Crippen LogP contribution >= 0.6 is 0 Å². The van der Waals surface area contributed by atoms with E-state index in [2.05, 4.69) is 12.2 Å². The Morgan fingerprint density at radius 1 is 1.25 bits per heavy atom. The van der Waals surface area contributed by atoms with Gasteiger partial charge in [-0.2, -0.15) is 0 Å². The van der Waals surface area contributed by atoms with Crippen LogP contribution in [-0.4, -0.2) is 19.1 Å². The summed E-state index contributed by atoms with van der Waals surface area (Å²) in [6.07, 6.45) is 3.35. The van der Waals surface area contributed by atoms with E-state index in [9.17, 15) is 4.79 Å². The third-order valence-corrected chi connectivity index (χ3v) is 2.22. The molecular formula is C13H19NO2. The Morgan fingerprint density at radius 3 is 2.69 bits per heavy atom. The van der Waals surface area contributed by atoms with Gasteiger partial charge in [-0.15, -0.1) is 0 Å². The fraction of sp³-hybridized carbons (Fsp3) is 0.462. The van der Waals surface area contributed by atoms with E-state index < -0.39 is 0 Å². The number of rotatable bonds is 7. The highest BCUT2D eigenvalue weighted by atomic mass is 16.5. The number of hydrogen-bond acceptors (Lipinski definition) is 2. The Labute approximate surface area is 96.8 Å². The number of unbranched alkanes of at least 4 members (excludes halogenated alkanes) is 2. The van der Waals surface area contributed by atoms with Gasteiger partial charge in [0.05, 0.1) is 0 Å². The minimum Gasteiger partial charge on any atom is -0.484 e. The molecule has 88 valence electrons. The minimum atomic E-state index is -0.0556. The Bertz CT molecular complexity index is 298. The van der Waals surface area contributed by atoms with Gasteiger partial charge in [0.25, 0.3) is 5.91 Å². The molecule has 0 radical (unpaired) electrons. The summed E-state index contributed by atoms with van der Waals surface area (Å²) in [7, 11) is 0. The zero-order valence-electron chi connectivity index (χ0n) is 9.74. The maximum absolute atomic E-state index is 11.3. The summed E-state index contributed by atoms with van der Waals surface area (Å²) in [6.45, 7) is 2.97. The molecule has 0 saturated heterocycles. The number of carbonyl (C=O) groups is 1. The summed E-state index contributed by atoms with van der Waals surface area (Å²) in [5.74, 6) is 0.672. The van der Waals surface area contributed by atoms with Crippen LogP contribution in [0.25, 0.3) is 0 Å². The highest BCUT2D eigenvalue weighted by Crippen LogP contribution is 2.07. The lowest BCUT2D eigenvalue weighted by atomic mass is 10.2. The van der Waals surface area contributed by atoms with E-state index in [1.54, 1.807) is 0 Å². The Kier molecular flexibility index (Phi) is 6.07. The molecule has 0 aliphatic rings. The second kappa shape index (κ2) is 7.74. The first kappa shape index (κ1) is 12.6. The van der Waals surface area contributed by atoms with Gasteiger partial charge in [0.2, 0.25) is 0 Å². The first-order valence-electron chi connectivity index (χ1n) is 5.77. The van der Waals surface area contributed by atoms with Gasteiger partial charge in [-0.3, -0.25) is 4.79 Å². The zero-order chi connectivity index (χ0) is 11.6. The van der Waals surface area contributed by atoms with Crippen LogP contribution in [0.5, 0.6) is 5.75 Å². The Balaban J connectivity index is 2.11. The molecule has 1 aromatic carbocycles. The lowest BCUT2D eigenvalue weighted by Gasteiger charge is -2.06. The van der Waals surface area contributed by atoms with Gasteiger partial charge in [-0.05, 0) is 18.6 Å². The number of carbonyl (C=O) groups excluding carboxylic acids is 1. The summed E-state index contributed by atoms with van der Waals surface area (Å²) in [6, 6.07) is 9.36. The topological polar surface area (TPSA) is 38.3 Å². The van der Waals surface area contributed by atoms with E-state index in [0.29, 0.717) is 0 Å².